The Kier molecular flexibility index (Phi) is 13.3. The summed E-state index contributed by atoms with van der Waals surface area (Å²) in [6.45, 7) is 6.31. The van der Waals surface area contributed by atoms with E-state index in [1.807, 2.05) is 0 Å². The molecule has 0 spiro atoms. The van der Waals surface area contributed by atoms with Crippen LogP contribution in [-0.4, -0.2) is 11.9 Å². The summed E-state index contributed by atoms with van der Waals surface area (Å²) in [5, 5.41) is 19.5. The van der Waals surface area contributed by atoms with Crippen molar-refractivity contribution in [2.24, 2.45) is 0 Å². The van der Waals surface area contributed by atoms with Gasteiger partial charge in [-0.3, -0.25) is 0 Å². The Bertz CT molecular complexity index is 235. The van der Waals surface area contributed by atoms with Crippen LogP contribution in [0.15, 0.2) is 23.3 Å². The average molecular weight is 214 g/mol. The number of carboxylic acid groups (broad SMARTS) is 2. The fourth-order valence-corrected chi connectivity index (χ4v) is 0.236. The van der Waals surface area contributed by atoms with Crippen LogP contribution in [-0.2, 0) is 15.1 Å². The minimum Gasteiger partial charge on any atom is -0.545 e. The lowest BCUT2D eigenvalue weighted by Gasteiger charge is -1.96. The molecule has 5 heteroatoms. The Hall–Kier alpha value is -1.62. The summed E-state index contributed by atoms with van der Waals surface area (Å²) >= 11 is 0. The van der Waals surface area contributed by atoms with Crippen LogP contribution in [0, 0.1) is 0 Å². The van der Waals surface area contributed by atoms with Crippen LogP contribution in [0.5, 0.6) is 0 Å². The lowest BCUT2D eigenvalue weighted by Crippen LogP contribution is -2.22. The number of carboxylic acids is 2. The van der Waals surface area contributed by atoms with Gasteiger partial charge < -0.3 is 19.8 Å². The summed E-state index contributed by atoms with van der Waals surface area (Å²) in [5.41, 5.74) is 0.556. The fraction of sp³-hybridized carbons (Fsp3) is 0.400. The minimum absolute atomic E-state index is 0. The van der Waals surface area contributed by atoms with E-state index in [4.69, 9.17) is 0 Å². The number of carbonyl (C=O) groups excluding carboxylic acids is 2. The molecule has 0 fully saturated rings. The van der Waals surface area contributed by atoms with Gasteiger partial charge in [-0.25, -0.2) is 0 Å². The average Bonchev–Trinajstić information content (AvgIpc) is 2.15. The normalized spacial score (nSPS) is 10.7. The molecule has 0 aromatic carbocycles. The summed E-state index contributed by atoms with van der Waals surface area (Å²) in [4.78, 5) is 19.5. The molecule has 0 saturated heterocycles. The molecule has 0 amide bonds. The molecule has 0 aliphatic carbocycles. The van der Waals surface area contributed by atoms with E-state index in [0.29, 0.717) is 0 Å². The Balaban J connectivity index is -0.000000180. The van der Waals surface area contributed by atoms with Crippen molar-refractivity contribution in [2.75, 3.05) is 0 Å². The van der Waals surface area contributed by atoms with Crippen LogP contribution in [0.4, 0.5) is 0 Å². The Morgan fingerprint density at radius 2 is 1.07 bits per heavy atom. The van der Waals surface area contributed by atoms with Crippen molar-refractivity contribution in [1.82, 2.24) is 0 Å². The number of hydrogen-bond donors (Lipinski definition) is 0. The van der Waals surface area contributed by atoms with Crippen LogP contribution < -0.4 is 10.2 Å². The second-order valence-electron chi connectivity index (χ2n) is 2.52. The maximum absolute atomic E-state index is 9.75. The monoisotopic (exact) mass is 214 g/mol. The highest BCUT2D eigenvalue weighted by molar-refractivity contribution is 5.83. The Labute approximate surface area is 89.0 Å². The second kappa shape index (κ2) is 10.5. The molecule has 0 N–H and O–H groups in total. The number of rotatable bonds is 2. The molecule has 84 valence electrons. The molecule has 0 aliphatic rings. The number of allylic oxidation sites excluding steroid dienone is 2. The van der Waals surface area contributed by atoms with Crippen molar-refractivity contribution >= 4 is 11.9 Å². The third-order valence-corrected chi connectivity index (χ3v) is 1.51. The Morgan fingerprint density at radius 3 is 1.07 bits per heavy atom. The zero-order chi connectivity index (χ0) is 11.7. The highest BCUT2D eigenvalue weighted by Gasteiger charge is 2.00. The van der Waals surface area contributed by atoms with Crippen molar-refractivity contribution in [1.29, 1.82) is 0 Å². The van der Waals surface area contributed by atoms with Gasteiger partial charge in [0.1, 0.15) is 0 Å². The number of hydrogen-bond acceptors (Lipinski definition) is 4. The van der Waals surface area contributed by atoms with Gasteiger partial charge in [-0.1, -0.05) is 12.2 Å². The molecule has 0 saturated carbocycles. The van der Waals surface area contributed by atoms with Gasteiger partial charge in [0, 0.05) is 0 Å². The first-order valence-corrected chi connectivity index (χ1v) is 4.05. The van der Waals surface area contributed by atoms with Crippen molar-refractivity contribution in [3.8, 4) is 0 Å². The third-order valence-electron chi connectivity index (χ3n) is 1.51. The van der Waals surface area contributed by atoms with E-state index in [9.17, 15) is 19.8 Å². The number of carbonyl (C=O) groups is 2. The van der Waals surface area contributed by atoms with Crippen LogP contribution in [0.2, 0.25) is 0 Å². The second-order valence-corrected chi connectivity index (χ2v) is 2.52. The first kappa shape index (κ1) is 19.0. The SMILES string of the molecule is CC=C(C)C(=O)[O-].CC=C(C)C(=O)[O-].[O+2]. The quantitative estimate of drug-likeness (QED) is 0.565. The predicted molar refractivity (Wildman–Crippen MR) is 49.6 cm³/mol. The molecule has 0 atom stereocenters. The van der Waals surface area contributed by atoms with E-state index < -0.39 is 11.9 Å². The summed E-state index contributed by atoms with van der Waals surface area (Å²) in [6.07, 6.45) is 2.99. The first-order chi connectivity index (χ1) is 6.36. The molecule has 5 nitrogen and oxygen atoms in total. The van der Waals surface area contributed by atoms with Gasteiger partial charge in [-0.15, -0.1) is 0 Å². The lowest BCUT2D eigenvalue weighted by atomic mass is 10.3. The van der Waals surface area contributed by atoms with Crippen LogP contribution in [0.25, 0.3) is 0 Å². The van der Waals surface area contributed by atoms with E-state index in [-0.39, 0.29) is 16.6 Å². The van der Waals surface area contributed by atoms with Gasteiger partial charge in [-0.2, -0.15) is 0 Å². The van der Waals surface area contributed by atoms with E-state index >= 15 is 0 Å². The summed E-state index contributed by atoms with van der Waals surface area (Å²) in [7, 11) is 0. The van der Waals surface area contributed by atoms with Crippen LogP contribution >= 0.6 is 0 Å². The molecule has 0 aliphatic heterocycles. The van der Waals surface area contributed by atoms with Crippen molar-refractivity contribution in [3.05, 3.63) is 23.3 Å². The third kappa shape index (κ3) is 12.4. The smallest absolute Gasteiger partial charge is 0.545 e. The molecule has 0 bridgehead atoms. The van der Waals surface area contributed by atoms with Crippen LogP contribution in [0.1, 0.15) is 27.7 Å². The molecule has 0 unspecified atom stereocenters. The summed E-state index contributed by atoms with van der Waals surface area (Å²) in [5.74, 6) is -2.19. The summed E-state index contributed by atoms with van der Waals surface area (Å²) in [6, 6.07) is 0. The van der Waals surface area contributed by atoms with Gasteiger partial charge in [0.15, 0.2) is 0 Å². The van der Waals surface area contributed by atoms with E-state index in [1.54, 1.807) is 13.8 Å². The van der Waals surface area contributed by atoms with E-state index in [2.05, 4.69) is 0 Å². The molecule has 4 radical (unpaired) electrons. The topological polar surface area (TPSA) is 109 Å². The molecule has 15 heavy (non-hydrogen) atoms. The maximum atomic E-state index is 9.75. The lowest BCUT2D eigenvalue weighted by molar-refractivity contribution is -0.300. The van der Waals surface area contributed by atoms with E-state index in [0.717, 1.165) is 0 Å². The van der Waals surface area contributed by atoms with Gasteiger partial charge >= 0.3 is 5.48 Å². The van der Waals surface area contributed by atoms with Crippen molar-refractivity contribution < 1.29 is 25.3 Å². The molecular formula is C10H14O5. The van der Waals surface area contributed by atoms with Gasteiger partial charge in [0.05, 0.1) is 11.9 Å². The highest BCUT2D eigenvalue weighted by Crippen LogP contribution is 1.85. The van der Waals surface area contributed by atoms with Gasteiger partial charge in [-0.05, 0) is 38.8 Å². The molecule has 0 aromatic heterocycles. The van der Waals surface area contributed by atoms with Crippen molar-refractivity contribution in [2.45, 2.75) is 27.7 Å². The van der Waals surface area contributed by atoms with Crippen LogP contribution in [0.3, 0.4) is 0 Å². The van der Waals surface area contributed by atoms with Crippen molar-refractivity contribution in [3.63, 3.8) is 0 Å². The largest absolute Gasteiger partial charge is 2.00 e. The molecule has 0 aromatic rings. The molecule has 0 heterocycles. The fourth-order valence-electron chi connectivity index (χ4n) is 0.236. The first-order valence-electron chi connectivity index (χ1n) is 4.05. The molecule has 0 rings (SSSR count). The minimum atomic E-state index is -1.09. The maximum Gasteiger partial charge on any atom is 2.00 e. The summed E-state index contributed by atoms with van der Waals surface area (Å²) < 4.78 is 0. The zero-order valence-corrected chi connectivity index (χ0v) is 9.20. The molecular weight excluding hydrogens is 200 g/mol. The Morgan fingerprint density at radius 1 is 0.867 bits per heavy atom. The van der Waals surface area contributed by atoms with E-state index in [1.165, 1.54) is 26.0 Å². The van der Waals surface area contributed by atoms with Gasteiger partial charge in [0.2, 0.25) is 0 Å². The highest BCUT2D eigenvalue weighted by atomic mass is 16.4. The van der Waals surface area contributed by atoms with Gasteiger partial charge in [0.25, 0.3) is 0 Å². The standard InChI is InChI=1S/2C5H8O2.O/c2*1-3-4(2)5(6)7;/h2*3H,1-2H3,(H,6,7);/q;;+2/p-2. The predicted octanol–water partition coefficient (Wildman–Crippen LogP) is -0.714. The zero-order valence-electron chi connectivity index (χ0n) is 9.20. The number of aliphatic carboxylic acids is 2.